The Balaban J connectivity index is 2.51. The van der Waals surface area contributed by atoms with Crippen LogP contribution in [0.4, 0.5) is 0 Å². The van der Waals surface area contributed by atoms with Crippen molar-refractivity contribution in [1.82, 2.24) is 9.55 Å². The number of hydrogen-bond acceptors (Lipinski definition) is 2. The minimum atomic E-state index is -0.818. The minimum absolute atomic E-state index is 0.0141. The summed E-state index contributed by atoms with van der Waals surface area (Å²) in [6.45, 7) is 4.31. The monoisotopic (exact) mass is 274 g/mol. The second-order valence-electron chi connectivity index (χ2n) is 5.21. The van der Waals surface area contributed by atoms with Crippen molar-refractivity contribution in [1.29, 1.82) is 0 Å². The summed E-state index contributed by atoms with van der Waals surface area (Å²) in [4.78, 5) is 15.9. The van der Waals surface area contributed by atoms with Crippen LogP contribution >= 0.6 is 0 Å². The first-order valence-electron chi connectivity index (χ1n) is 7.34. The molecule has 0 aliphatic heterocycles. The maximum Gasteiger partial charge on any atom is 0.323 e. The molecule has 0 atom stereocenters. The number of hydrogen-bond donors (Lipinski definition) is 1. The van der Waals surface area contributed by atoms with Crippen LogP contribution in [0.1, 0.15) is 51.3 Å². The molecule has 1 aromatic heterocycles. The van der Waals surface area contributed by atoms with E-state index in [0.717, 1.165) is 42.5 Å². The Morgan fingerprint density at radius 1 is 1.25 bits per heavy atom. The Morgan fingerprint density at radius 2 is 1.90 bits per heavy atom. The predicted octanol–water partition coefficient (Wildman–Crippen LogP) is 3.80. The molecule has 0 aliphatic carbocycles. The minimum Gasteiger partial charge on any atom is -0.480 e. The first kappa shape index (κ1) is 14.6. The molecule has 20 heavy (non-hydrogen) atoms. The van der Waals surface area contributed by atoms with Crippen LogP contribution in [0.2, 0.25) is 0 Å². The van der Waals surface area contributed by atoms with E-state index < -0.39 is 5.97 Å². The Bertz CT molecular complexity index is 583. The number of nitrogens with zero attached hydrogens (tertiary/aromatic N) is 2. The van der Waals surface area contributed by atoms with Crippen molar-refractivity contribution < 1.29 is 9.90 Å². The molecular formula is C16H22N2O2. The van der Waals surface area contributed by atoms with E-state index in [2.05, 4.69) is 13.8 Å². The smallest absolute Gasteiger partial charge is 0.323 e. The third-order valence-electron chi connectivity index (χ3n) is 3.62. The predicted molar refractivity (Wildman–Crippen MR) is 79.9 cm³/mol. The lowest BCUT2D eigenvalue weighted by molar-refractivity contribution is -0.137. The highest BCUT2D eigenvalue weighted by atomic mass is 16.4. The van der Waals surface area contributed by atoms with E-state index >= 15 is 0 Å². The Hall–Kier alpha value is -1.84. The molecule has 0 radical (unpaired) electrons. The molecule has 0 saturated heterocycles. The molecule has 0 unspecified atom stereocenters. The summed E-state index contributed by atoms with van der Waals surface area (Å²) in [6, 6.07) is 7.77. The molecule has 0 amide bonds. The fraction of sp³-hybridized carbons (Fsp3) is 0.500. The quantitative estimate of drug-likeness (QED) is 0.835. The summed E-state index contributed by atoms with van der Waals surface area (Å²) in [5.41, 5.74) is 1.81. The van der Waals surface area contributed by atoms with Gasteiger partial charge in [-0.2, -0.15) is 0 Å². The normalized spacial score (nSPS) is 11.3. The molecular weight excluding hydrogens is 252 g/mol. The van der Waals surface area contributed by atoms with Crippen molar-refractivity contribution >= 4 is 17.0 Å². The van der Waals surface area contributed by atoms with Crippen molar-refractivity contribution in [3.8, 4) is 0 Å². The third kappa shape index (κ3) is 3.00. The van der Waals surface area contributed by atoms with Gasteiger partial charge in [0.2, 0.25) is 0 Å². The van der Waals surface area contributed by atoms with Crippen LogP contribution < -0.4 is 0 Å². The van der Waals surface area contributed by atoms with Crippen molar-refractivity contribution in [3.05, 3.63) is 30.1 Å². The second-order valence-corrected chi connectivity index (χ2v) is 5.21. The van der Waals surface area contributed by atoms with Crippen LogP contribution in [0, 0.1) is 0 Å². The molecule has 2 rings (SSSR count). The third-order valence-corrected chi connectivity index (χ3v) is 3.62. The molecule has 1 N–H and O–H groups in total. The highest BCUT2D eigenvalue weighted by molar-refractivity contribution is 5.78. The van der Waals surface area contributed by atoms with Crippen LogP contribution in [0.25, 0.3) is 11.0 Å². The van der Waals surface area contributed by atoms with Gasteiger partial charge in [-0.25, -0.2) is 4.98 Å². The van der Waals surface area contributed by atoms with Gasteiger partial charge in [0.25, 0.3) is 0 Å². The van der Waals surface area contributed by atoms with Gasteiger partial charge in [-0.3, -0.25) is 4.79 Å². The van der Waals surface area contributed by atoms with E-state index in [0.29, 0.717) is 5.92 Å². The van der Waals surface area contributed by atoms with Crippen LogP contribution in [0.5, 0.6) is 0 Å². The standard InChI is InChI=1S/C16H22N2O2/c1-3-7-12(8-4-2)16-17-13-9-5-6-10-14(13)18(16)11-15(19)20/h5-6,9-10,12H,3-4,7-8,11H2,1-2H3,(H,19,20). The van der Waals surface area contributed by atoms with Crippen LogP contribution in [0.3, 0.4) is 0 Å². The van der Waals surface area contributed by atoms with E-state index in [-0.39, 0.29) is 6.54 Å². The summed E-state index contributed by atoms with van der Waals surface area (Å²) < 4.78 is 1.87. The summed E-state index contributed by atoms with van der Waals surface area (Å²) in [6.07, 6.45) is 4.27. The molecule has 1 heterocycles. The summed E-state index contributed by atoms with van der Waals surface area (Å²) in [5, 5.41) is 9.16. The number of rotatable bonds is 7. The molecule has 0 aliphatic rings. The van der Waals surface area contributed by atoms with Gasteiger partial charge < -0.3 is 9.67 Å². The van der Waals surface area contributed by atoms with Gasteiger partial charge >= 0.3 is 5.97 Å². The van der Waals surface area contributed by atoms with E-state index in [1.54, 1.807) is 0 Å². The van der Waals surface area contributed by atoms with E-state index in [9.17, 15) is 4.79 Å². The average Bonchev–Trinajstić information content (AvgIpc) is 2.77. The fourth-order valence-electron chi connectivity index (χ4n) is 2.81. The number of carboxylic acid groups (broad SMARTS) is 1. The maximum absolute atomic E-state index is 11.2. The zero-order valence-electron chi connectivity index (χ0n) is 12.2. The number of benzene rings is 1. The zero-order chi connectivity index (χ0) is 14.5. The van der Waals surface area contributed by atoms with Gasteiger partial charge in [-0.15, -0.1) is 0 Å². The summed E-state index contributed by atoms with van der Waals surface area (Å²) in [7, 11) is 0. The van der Waals surface area contributed by atoms with E-state index in [1.165, 1.54) is 0 Å². The van der Waals surface area contributed by atoms with E-state index in [4.69, 9.17) is 10.1 Å². The van der Waals surface area contributed by atoms with Crippen molar-refractivity contribution in [2.75, 3.05) is 0 Å². The van der Waals surface area contributed by atoms with Gasteiger partial charge in [0.1, 0.15) is 12.4 Å². The Labute approximate surface area is 119 Å². The molecule has 4 heteroatoms. The molecule has 1 aromatic carbocycles. The van der Waals surface area contributed by atoms with Crippen molar-refractivity contribution in [2.45, 2.75) is 52.0 Å². The number of aliphatic carboxylic acids is 1. The molecule has 2 aromatic rings. The number of para-hydroxylation sites is 2. The Morgan fingerprint density at radius 3 is 2.50 bits per heavy atom. The van der Waals surface area contributed by atoms with Gasteiger partial charge in [-0.05, 0) is 25.0 Å². The second kappa shape index (κ2) is 6.55. The highest BCUT2D eigenvalue weighted by Crippen LogP contribution is 2.29. The molecule has 0 fully saturated rings. The van der Waals surface area contributed by atoms with Crippen molar-refractivity contribution in [2.24, 2.45) is 0 Å². The number of imidazole rings is 1. The van der Waals surface area contributed by atoms with Gasteiger partial charge in [0, 0.05) is 5.92 Å². The molecule has 4 nitrogen and oxygen atoms in total. The molecule has 0 spiro atoms. The van der Waals surface area contributed by atoms with Gasteiger partial charge in [0.15, 0.2) is 0 Å². The van der Waals surface area contributed by atoms with Crippen LogP contribution in [-0.2, 0) is 11.3 Å². The first-order chi connectivity index (χ1) is 9.67. The molecule has 0 bridgehead atoms. The Kier molecular flexibility index (Phi) is 4.77. The first-order valence-corrected chi connectivity index (χ1v) is 7.34. The van der Waals surface area contributed by atoms with Crippen molar-refractivity contribution in [3.63, 3.8) is 0 Å². The number of fused-ring (bicyclic) bond motifs is 1. The lowest BCUT2D eigenvalue weighted by atomic mass is 9.97. The summed E-state index contributed by atoms with van der Waals surface area (Å²) >= 11 is 0. The maximum atomic E-state index is 11.2. The van der Waals surface area contributed by atoms with Gasteiger partial charge in [0.05, 0.1) is 11.0 Å². The number of carboxylic acids is 1. The number of carbonyl (C=O) groups is 1. The van der Waals surface area contributed by atoms with Crippen LogP contribution in [0.15, 0.2) is 24.3 Å². The fourth-order valence-corrected chi connectivity index (χ4v) is 2.81. The SMILES string of the molecule is CCCC(CCC)c1nc2ccccc2n1CC(=O)O. The van der Waals surface area contributed by atoms with Crippen LogP contribution in [-0.4, -0.2) is 20.6 Å². The molecule has 108 valence electrons. The molecule has 0 saturated carbocycles. The zero-order valence-corrected chi connectivity index (χ0v) is 12.2. The largest absolute Gasteiger partial charge is 0.480 e. The lowest BCUT2D eigenvalue weighted by Gasteiger charge is -2.16. The average molecular weight is 274 g/mol. The van der Waals surface area contributed by atoms with Gasteiger partial charge in [-0.1, -0.05) is 38.8 Å². The summed E-state index contributed by atoms with van der Waals surface area (Å²) in [5.74, 6) is 0.454. The highest BCUT2D eigenvalue weighted by Gasteiger charge is 2.20. The van der Waals surface area contributed by atoms with E-state index in [1.807, 2.05) is 28.8 Å². The topological polar surface area (TPSA) is 55.1 Å². The lowest BCUT2D eigenvalue weighted by Crippen LogP contribution is -2.15. The number of aromatic nitrogens is 2.